The quantitative estimate of drug-likeness (QED) is 0.232. The summed E-state index contributed by atoms with van der Waals surface area (Å²) in [4.78, 5) is 10.9. The summed E-state index contributed by atoms with van der Waals surface area (Å²) in [7, 11) is 0. The molecule has 3 unspecified atom stereocenters. The van der Waals surface area contributed by atoms with E-state index in [0.717, 1.165) is 19.6 Å². The maximum absolute atomic E-state index is 10.9. The van der Waals surface area contributed by atoms with Crippen LogP contribution in [0.15, 0.2) is 0 Å². The van der Waals surface area contributed by atoms with Crippen LogP contribution >= 0.6 is 0 Å². The molecular formula is C15H29N3O5. The van der Waals surface area contributed by atoms with Gasteiger partial charge in [-0.05, 0) is 6.42 Å². The number of nitrogens with one attached hydrogen (secondary N) is 3. The first-order chi connectivity index (χ1) is 11.0. The SMILES string of the molecule is CCC(CO)(CO)CO.O=C(O)CC(C1CN1)(C1CN1)C1CN1. The van der Waals surface area contributed by atoms with Crippen LogP contribution in [0.1, 0.15) is 19.8 Å². The number of carboxylic acid groups (broad SMARTS) is 1. The second kappa shape index (κ2) is 7.42. The van der Waals surface area contributed by atoms with Crippen LogP contribution in [0, 0.1) is 10.8 Å². The maximum atomic E-state index is 10.9. The van der Waals surface area contributed by atoms with Crippen molar-refractivity contribution in [2.45, 2.75) is 37.9 Å². The van der Waals surface area contributed by atoms with Crippen molar-refractivity contribution in [3.63, 3.8) is 0 Å². The Morgan fingerprint density at radius 1 is 0.957 bits per heavy atom. The third-order valence-electron chi connectivity index (χ3n) is 5.38. The molecule has 134 valence electrons. The van der Waals surface area contributed by atoms with Gasteiger partial charge in [0, 0.05) is 48.6 Å². The van der Waals surface area contributed by atoms with Crippen molar-refractivity contribution in [3.05, 3.63) is 0 Å². The largest absolute Gasteiger partial charge is 0.481 e. The van der Waals surface area contributed by atoms with Crippen LogP contribution in [0.25, 0.3) is 0 Å². The molecule has 0 aromatic rings. The Kier molecular flexibility index (Phi) is 5.99. The number of rotatable bonds is 9. The number of aliphatic hydroxyl groups is 3. The highest BCUT2D eigenvalue weighted by atomic mass is 16.4. The smallest absolute Gasteiger partial charge is 0.304 e. The predicted octanol–water partition coefficient (Wildman–Crippen LogP) is -2.28. The van der Waals surface area contributed by atoms with E-state index in [-0.39, 0.29) is 31.7 Å². The molecule has 0 aliphatic carbocycles. The van der Waals surface area contributed by atoms with Crippen LogP contribution in [0.2, 0.25) is 0 Å². The number of aliphatic hydroxyl groups excluding tert-OH is 3. The van der Waals surface area contributed by atoms with Crippen molar-refractivity contribution in [3.8, 4) is 0 Å². The van der Waals surface area contributed by atoms with Gasteiger partial charge in [0.1, 0.15) is 0 Å². The van der Waals surface area contributed by atoms with Crippen molar-refractivity contribution in [1.82, 2.24) is 16.0 Å². The van der Waals surface area contributed by atoms with Crippen LogP contribution in [0.5, 0.6) is 0 Å². The van der Waals surface area contributed by atoms with Gasteiger partial charge in [-0.25, -0.2) is 0 Å². The van der Waals surface area contributed by atoms with Crippen LogP contribution in [0.3, 0.4) is 0 Å². The minimum absolute atomic E-state index is 0.0775. The standard InChI is InChI=1S/C9H15N3O2.C6H14O3/c13-8(14)1-9(5-2-10-5,6-3-11-6)7-4-12-7;1-2-6(3-7,4-8)5-9/h5-7,10-12H,1-4H2,(H,13,14);7-9H,2-5H2,1H3. The number of carboxylic acids is 1. The molecule has 0 spiro atoms. The van der Waals surface area contributed by atoms with E-state index in [0.29, 0.717) is 24.5 Å². The first-order valence-electron chi connectivity index (χ1n) is 8.22. The Hall–Kier alpha value is -0.770. The molecule has 3 rings (SSSR count). The van der Waals surface area contributed by atoms with Crippen molar-refractivity contribution >= 4 is 5.97 Å². The third-order valence-corrected chi connectivity index (χ3v) is 5.38. The maximum Gasteiger partial charge on any atom is 0.304 e. The lowest BCUT2D eigenvalue weighted by Crippen LogP contribution is -2.45. The lowest BCUT2D eigenvalue weighted by Gasteiger charge is -2.30. The Bertz CT molecular complexity index is 355. The van der Waals surface area contributed by atoms with Gasteiger partial charge in [-0.1, -0.05) is 6.92 Å². The molecule has 3 fully saturated rings. The molecule has 8 nitrogen and oxygen atoms in total. The molecule has 3 aliphatic heterocycles. The summed E-state index contributed by atoms with van der Waals surface area (Å²) in [5, 5.41) is 44.8. The lowest BCUT2D eigenvalue weighted by atomic mass is 9.74. The van der Waals surface area contributed by atoms with E-state index in [1.807, 2.05) is 6.92 Å². The molecule has 0 saturated carbocycles. The lowest BCUT2D eigenvalue weighted by molar-refractivity contribution is -0.139. The molecule has 0 amide bonds. The molecule has 8 heteroatoms. The van der Waals surface area contributed by atoms with Gasteiger partial charge in [0.05, 0.1) is 26.2 Å². The molecule has 0 radical (unpaired) electrons. The fourth-order valence-corrected chi connectivity index (χ4v) is 3.16. The first kappa shape index (κ1) is 18.6. The zero-order valence-corrected chi connectivity index (χ0v) is 13.6. The zero-order valence-electron chi connectivity index (χ0n) is 13.6. The summed E-state index contributed by atoms with van der Waals surface area (Å²) in [6, 6.07) is 1.20. The summed E-state index contributed by atoms with van der Waals surface area (Å²) < 4.78 is 0. The van der Waals surface area contributed by atoms with E-state index < -0.39 is 11.4 Å². The summed E-state index contributed by atoms with van der Waals surface area (Å²) in [5.41, 5.74) is -0.744. The van der Waals surface area contributed by atoms with Gasteiger partial charge in [0.25, 0.3) is 0 Å². The second-order valence-electron chi connectivity index (χ2n) is 6.89. The predicted molar refractivity (Wildman–Crippen MR) is 84.0 cm³/mol. The Balaban J connectivity index is 0.000000188. The normalized spacial score (nSPS) is 30.7. The van der Waals surface area contributed by atoms with Gasteiger partial charge in [-0.3, -0.25) is 4.79 Å². The molecule has 0 aromatic heterocycles. The third kappa shape index (κ3) is 4.20. The topological polar surface area (TPSA) is 164 Å². The van der Waals surface area contributed by atoms with Crippen LogP contribution in [-0.2, 0) is 4.79 Å². The van der Waals surface area contributed by atoms with Gasteiger partial charge < -0.3 is 36.4 Å². The molecule has 3 aliphatic rings. The van der Waals surface area contributed by atoms with E-state index in [1.165, 1.54) is 0 Å². The fourth-order valence-electron chi connectivity index (χ4n) is 3.16. The van der Waals surface area contributed by atoms with Crippen molar-refractivity contribution in [1.29, 1.82) is 0 Å². The molecule has 0 bridgehead atoms. The van der Waals surface area contributed by atoms with Crippen LogP contribution < -0.4 is 16.0 Å². The van der Waals surface area contributed by atoms with E-state index in [1.54, 1.807) is 0 Å². The number of carbonyl (C=O) groups is 1. The van der Waals surface area contributed by atoms with Crippen LogP contribution in [0.4, 0.5) is 0 Å². The van der Waals surface area contributed by atoms with Gasteiger partial charge in [0.2, 0.25) is 0 Å². The van der Waals surface area contributed by atoms with Crippen molar-refractivity contribution in [2.75, 3.05) is 39.5 Å². The summed E-state index contributed by atoms with van der Waals surface area (Å²) in [6.45, 7) is 4.28. The minimum Gasteiger partial charge on any atom is -0.481 e. The highest BCUT2D eigenvalue weighted by Crippen LogP contribution is 2.45. The monoisotopic (exact) mass is 331 g/mol. The highest BCUT2D eigenvalue weighted by Gasteiger charge is 2.62. The minimum atomic E-state index is -0.680. The molecular weight excluding hydrogens is 302 g/mol. The van der Waals surface area contributed by atoms with Gasteiger partial charge >= 0.3 is 5.97 Å². The Morgan fingerprint density at radius 3 is 1.43 bits per heavy atom. The summed E-state index contributed by atoms with van der Waals surface area (Å²) >= 11 is 0. The van der Waals surface area contributed by atoms with E-state index >= 15 is 0 Å². The van der Waals surface area contributed by atoms with Crippen molar-refractivity contribution < 1.29 is 25.2 Å². The van der Waals surface area contributed by atoms with Gasteiger partial charge in [-0.2, -0.15) is 0 Å². The molecule has 3 heterocycles. The van der Waals surface area contributed by atoms with E-state index in [2.05, 4.69) is 16.0 Å². The fraction of sp³-hybridized carbons (Fsp3) is 0.933. The molecule has 3 atom stereocenters. The van der Waals surface area contributed by atoms with E-state index in [4.69, 9.17) is 20.4 Å². The summed E-state index contributed by atoms with van der Waals surface area (Å²) in [6.07, 6.45) is 0.872. The highest BCUT2D eigenvalue weighted by molar-refractivity contribution is 5.69. The Labute approximate surface area is 136 Å². The average molecular weight is 331 g/mol. The number of hydrogen-bond acceptors (Lipinski definition) is 7. The molecule has 23 heavy (non-hydrogen) atoms. The second-order valence-corrected chi connectivity index (χ2v) is 6.89. The van der Waals surface area contributed by atoms with Crippen molar-refractivity contribution in [2.24, 2.45) is 10.8 Å². The average Bonchev–Trinajstić information content (AvgIpc) is 3.44. The first-order valence-corrected chi connectivity index (χ1v) is 8.22. The zero-order chi connectivity index (χ0) is 17.1. The summed E-state index contributed by atoms with van der Waals surface area (Å²) in [5.74, 6) is -0.680. The number of aliphatic carboxylic acids is 1. The number of hydrogen-bond donors (Lipinski definition) is 7. The molecule has 0 aromatic carbocycles. The van der Waals surface area contributed by atoms with E-state index in [9.17, 15) is 4.79 Å². The molecule has 7 N–H and O–H groups in total. The Morgan fingerprint density at radius 2 is 1.30 bits per heavy atom. The van der Waals surface area contributed by atoms with Gasteiger partial charge in [0.15, 0.2) is 0 Å². The van der Waals surface area contributed by atoms with Crippen LogP contribution in [-0.4, -0.2) is 84.0 Å². The molecule has 3 saturated heterocycles. The van der Waals surface area contributed by atoms with Gasteiger partial charge in [-0.15, -0.1) is 0 Å².